The third-order valence-corrected chi connectivity index (χ3v) is 2.73. The lowest BCUT2D eigenvalue weighted by Crippen LogP contribution is -1.97. The molecule has 0 aliphatic heterocycles. The first kappa shape index (κ1) is 15.3. The Morgan fingerprint density at radius 2 is 2.11 bits per heavy atom. The molecular weight excluding hydrogens is 240 g/mol. The van der Waals surface area contributed by atoms with Crippen LogP contribution in [0.4, 0.5) is 0 Å². The summed E-state index contributed by atoms with van der Waals surface area (Å²) in [5, 5.41) is 8.55. The predicted octanol–water partition coefficient (Wildman–Crippen LogP) is 4.13. The van der Waals surface area contributed by atoms with Gasteiger partial charge in [-0.25, -0.2) is 0 Å². The summed E-state index contributed by atoms with van der Waals surface area (Å²) in [7, 11) is 0. The number of rotatable bonds is 9. The lowest BCUT2D eigenvalue weighted by molar-refractivity contribution is -0.137. The monoisotopic (exact) mass is 262 g/mol. The van der Waals surface area contributed by atoms with E-state index in [1.807, 2.05) is 36.4 Å². The molecule has 0 radical (unpaired) electrons. The van der Waals surface area contributed by atoms with Crippen molar-refractivity contribution in [3.8, 4) is 5.75 Å². The molecule has 1 N–H and O–H groups in total. The summed E-state index contributed by atoms with van der Waals surface area (Å²) in [5.41, 5.74) is 1.05. The van der Waals surface area contributed by atoms with Crippen LogP contribution in [-0.4, -0.2) is 17.7 Å². The number of allylic oxidation sites excluding steroid dienone is 1. The van der Waals surface area contributed by atoms with Crippen LogP contribution in [0.15, 0.2) is 30.3 Å². The minimum atomic E-state index is -0.739. The predicted molar refractivity (Wildman–Crippen MR) is 77.4 cm³/mol. The van der Waals surface area contributed by atoms with Crippen LogP contribution in [0, 0.1) is 0 Å². The van der Waals surface area contributed by atoms with Crippen molar-refractivity contribution in [1.29, 1.82) is 0 Å². The molecule has 0 fully saturated rings. The number of para-hydroxylation sites is 1. The molecule has 0 saturated carbocycles. The van der Waals surface area contributed by atoms with Gasteiger partial charge in [0.25, 0.3) is 0 Å². The lowest BCUT2D eigenvalue weighted by Gasteiger charge is -2.08. The molecule has 104 valence electrons. The molecule has 0 atom stereocenters. The SMILES string of the molecule is CCCCOc1ccccc1C=CCCCC(=O)O. The molecule has 0 aliphatic carbocycles. The van der Waals surface area contributed by atoms with Gasteiger partial charge < -0.3 is 9.84 Å². The average Bonchev–Trinajstić information content (AvgIpc) is 2.40. The zero-order chi connectivity index (χ0) is 13.9. The summed E-state index contributed by atoms with van der Waals surface area (Å²) < 4.78 is 5.73. The maximum absolute atomic E-state index is 10.4. The third-order valence-electron chi connectivity index (χ3n) is 2.73. The van der Waals surface area contributed by atoms with Crippen LogP contribution in [0.25, 0.3) is 6.08 Å². The van der Waals surface area contributed by atoms with Crippen LogP contribution >= 0.6 is 0 Å². The lowest BCUT2D eigenvalue weighted by atomic mass is 10.1. The molecule has 0 amide bonds. The van der Waals surface area contributed by atoms with Gasteiger partial charge in [0.05, 0.1) is 6.61 Å². The smallest absolute Gasteiger partial charge is 0.303 e. The molecule has 0 unspecified atom stereocenters. The van der Waals surface area contributed by atoms with Gasteiger partial charge in [-0.3, -0.25) is 4.79 Å². The Balaban J connectivity index is 2.47. The fourth-order valence-corrected chi connectivity index (χ4v) is 1.66. The van der Waals surface area contributed by atoms with Crippen molar-refractivity contribution in [2.75, 3.05) is 6.61 Å². The van der Waals surface area contributed by atoms with Crippen molar-refractivity contribution < 1.29 is 14.6 Å². The van der Waals surface area contributed by atoms with Gasteiger partial charge >= 0.3 is 5.97 Å². The molecule has 19 heavy (non-hydrogen) atoms. The summed E-state index contributed by atoms with van der Waals surface area (Å²) in [6.45, 7) is 2.87. The molecule has 1 rings (SSSR count). The van der Waals surface area contributed by atoms with E-state index in [9.17, 15) is 4.79 Å². The largest absolute Gasteiger partial charge is 0.493 e. The molecule has 0 aromatic heterocycles. The van der Waals surface area contributed by atoms with E-state index < -0.39 is 5.97 Å². The minimum Gasteiger partial charge on any atom is -0.493 e. The molecular formula is C16H22O3. The van der Waals surface area contributed by atoms with Crippen molar-refractivity contribution in [1.82, 2.24) is 0 Å². The quantitative estimate of drug-likeness (QED) is 0.680. The number of carboxylic acids is 1. The van der Waals surface area contributed by atoms with Gasteiger partial charge in [0.15, 0.2) is 0 Å². The van der Waals surface area contributed by atoms with Crippen molar-refractivity contribution >= 4 is 12.0 Å². The zero-order valence-corrected chi connectivity index (χ0v) is 11.5. The highest BCUT2D eigenvalue weighted by molar-refractivity contribution is 5.66. The van der Waals surface area contributed by atoms with Gasteiger partial charge in [0.2, 0.25) is 0 Å². The van der Waals surface area contributed by atoms with Crippen LogP contribution in [0.3, 0.4) is 0 Å². The van der Waals surface area contributed by atoms with E-state index in [0.29, 0.717) is 6.42 Å². The third kappa shape index (κ3) is 6.65. The van der Waals surface area contributed by atoms with Crippen molar-refractivity contribution in [2.24, 2.45) is 0 Å². The Bertz CT molecular complexity index is 410. The Morgan fingerprint density at radius 3 is 2.84 bits per heavy atom. The second kappa shape index (κ2) is 9.20. The topological polar surface area (TPSA) is 46.5 Å². The Labute approximate surface area is 114 Å². The number of unbranched alkanes of at least 4 members (excludes halogenated alkanes) is 2. The van der Waals surface area contributed by atoms with Gasteiger partial charge in [-0.15, -0.1) is 0 Å². The van der Waals surface area contributed by atoms with E-state index >= 15 is 0 Å². The van der Waals surface area contributed by atoms with Crippen LogP contribution in [0.2, 0.25) is 0 Å². The standard InChI is InChI=1S/C16H22O3/c1-2-3-13-19-15-11-8-7-10-14(15)9-5-4-6-12-16(17)18/h5,7-11H,2-4,6,12-13H2,1H3,(H,17,18). The van der Waals surface area contributed by atoms with Gasteiger partial charge in [-0.1, -0.05) is 43.7 Å². The maximum Gasteiger partial charge on any atom is 0.303 e. The van der Waals surface area contributed by atoms with Crippen LogP contribution < -0.4 is 4.74 Å². The second-order valence-corrected chi connectivity index (χ2v) is 4.43. The number of hydrogen-bond acceptors (Lipinski definition) is 2. The van der Waals surface area contributed by atoms with E-state index in [-0.39, 0.29) is 6.42 Å². The first-order valence-corrected chi connectivity index (χ1v) is 6.84. The number of aliphatic carboxylic acids is 1. The van der Waals surface area contributed by atoms with E-state index in [4.69, 9.17) is 9.84 Å². The van der Waals surface area contributed by atoms with E-state index in [2.05, 4.69) is 6.92 Å². The summed E-state index contributed by atoms with van der Waals surface area (Å²) in [6.07, 6.45) is 7.84. The van der Waals surface area contributed by atoms with Crippen LogP contribution in [-0.2, 0) is 4.79 Å². The van der Waals surface area contributed by atoms with Gasteiger partial charge in [-0.05, 0) is 25.3 Å². The van der Waals surface area contributed by atoms with Crippen LogP contribution in [0.5, 0.6) is 5.75 Å². The molecule has 1 aromatic rings. The normalized spacial score (nSPS) is 10.8. The minimum absolute atomic E-state index is 0.221. The Morgan fingerprint density at radius 1 is 1.32 bits per heavy atom. The molecule has 0 aliphatic rings. The first-order chi connectivity index (χ1) is 9.24. The summed E-state index contributed by atoms with van der Waals surface area (Å²) >= 11 is 0. The number of ether oxygens (including phenoxy) is 1. The van der Waals surface area contributed by atoms with Crippen molar-refractivity contribution in [3.63, 3.8) is 0 Å². The first-order valence-electron chi connectivity index (χ1n) is 6.84. The zero-order valence-electron chi connectivity index (χ0n) is 11.5. The van der Waals surface area contributed by atoms with Crippen molar-refractivity contribution in [3.05, 3.63) is 35.9 Å². The van der Waals surface area contributed by atoms with E-state index in [0.717, 1.165) is 37.2 Å². The van der Waals surface area contributed by atoms with Gasteiger partial charge in [-0.2, -0.15) is 0 Å². The highest BCUT2D eigenvalue weighted by atomic mass is 16.5. The van der Waals surface area contributed by atoms with E-state index in [1.165, 1.54) is 0 Å². The summed E-state index contributed by atoms with van der Waals surface area (Å²) in [4.78, 5) is 10.4. The fourth-order valence-electron chi connectivity index (χ4n) is 1.66. The Hall–Kier alpha value is -1.77. The molecule has 0 spiro atoms. The van der Waals surface area contributed by atoms with Gasteiger partial charge in [0.1, 0.15) is 5.75 Å². The molecule has 3 nitrogen and oxygen atoms in total. The summed E-state index contributed by atoms with van der Waals surface area (Å²) in [5.74, 6) is 0.155. The molecule has 0 bridgehead atoms. The number of carboxylic acid groups (broad SMARTS) is 1. The summed E-state index contributed by atoms with van der Waals surface area (Å²) in [6, 6.07) is 7.91. The maximum atomic E-state index is 10.4. The fraction of sp³-hybridized carbons (Fsp3) is 0.438. The second-order valence-electron chi connectivity index (χ2n) is 4.43. The number of carbonyl (C=O) groups is 1. The Kier molecular flexibility index (Phi) is 7.40. The molecule has 0 saturated heterocycles. The highest BCUT2D eigenvalue weighted by Gasteiger charge is 1.99. The number of hydrogen-bond donors (Lipinski definition) is 1. The molecule has 1 aromatic carbocycles. The molecule has 0 heterocycles. The molecule has 3 heteroatoms. The van der Waals surface area contributed by atoms with Crippen molar-refractivity contribution in [2.45, 2.75) is 39.0 Å². The number of benzene rings is 1. The average molecular weight is 262 g/mol. The van der Waals surface area contributed by atoms with E-state index in [1.54, 1.807) is 0 Å². The highest BCUT2D eigenvalue weighted by Crippen LogP contribution is 2.20. The van der Waals surface area contributed by atoms with Crippen LogP contribution in [0.1, 0.15) is 44.6 Å². The van der Waals surface area contributed by atoms with Gasteiger partial charge in [0, 0.05) is 12.0 Å².